The van der Waals surface area contributed by atoms with Crippen LogP contribution in [0.4, 0.5) is 0 Å². The van der Waals surface area contributed by atoms with Crippen LogP contribution >= 0.6 is 0 Å². The van der Waals surface area contributed by atoms with Gasteiger partial charge in [-0.05, 0) is 66.8 Å². The Morgan fingerprint density at radius 1 is 0.297 bits per heavy atom. The largest absolute Gasteiger partial charge is 0.0731 e. The van der Waals surface area contributed by atoms with Gasteiger partial charge in [0.05, 0.1) is 5.41 Å². The zero-order valence-electron chi connectivity index (χ0n) is 20.4. The summed E-state index contributed by atoms with van der Waals surface area (Å²) in [5, 5.41) is 0. The van der Waals surface area contributed by atoms with Crippen LogP contribution in [-0.2, 0) is 5.41 Å². The zero-order valence-corrected chi connectivity index (χ0v) is 20.4. The van der Waals surface area contributed by atoms with Gasteiger partial charge in [-0.25, -0.2) is 0 Å². The van der Waals surface area contributed by atoms with Crippen LogP contribution in [0.15, 0.2) is 146 Å². The van der Waals surface area contributed by atoms with Crippen LogP contribution in [0.1, 0.15) is 22.3 Å². The van der Waals surface area contributed by atoms with Crippen molar-refractivity contribution < 1.29 is 0 Å². The number of benzene rings is 6. The molecule has 0 aromatic heterocycles. The molecule has 6 aromatic rings. The molecule has 2 aliphatic carbocycles. The van der Waals surface area contributed by atoms with E-state index in [9.17, 15) is 0 Å². The van der Waals surface area contributed by atoms with Gasteiger partial charge in [-0.1, -0.05) is 146 Å². The van der Waals surface area contributed by atoms with Crippen molar-refractivity contribution in [3.05, 3.63) is 168 Å². The second kappa shape index (κ2) is 7.66. The van der Waals surface area contributed by atoms with Crippen LogP contribution in [-0.4, -0.2) is 0 Å². The lowest BCUT2D eigenvalue weighted by Crippen LogP contribution is -2.26. The quantitative estimate of drug-likeness (QED) is 0.237. The molecule has 0 heterocycles. The second-order valence-electron chi connectivity index (χ2n) is 10.0. The number of hydrogen-bond acceptors (Lipinski definition) is 0. The lowest BCUT2D eigenvalue weighted by molar-refractivity contribution is 0.796. The molecular weight excluding hydrogens is 444 g/mol. The third-order valence-electron chi connectivity index (χ3n) is 8.30. The molecule has 172 valence electrons. The van der Waals surface area contributed by atoms with E-state index in [4.69, 9.17) is 0 Å². The Bertz CT molecular complexity index is 1750. The standard InChI is InChI=1S/C37H24/c1-3-13-25(14-4-1)27-23-24-31-30-19-9-12-22-34(30)37(36(31)35(27)26-15-5-2-6-16-26)32-20-10-7-17-28(32)29-18-8-11-21-33(29)37/h1-24H. The molecule has 2 aliphatic rings. The van der Waals surface area contributed by atoms with E-state index in [1.165, 1.54) is 66.8 Å². The average Bonchev–Trinajstić information content (AvgIpc) is 3.45. The normalized spacial score (nSPS) is 13.6. The maximum absolute atomic E-state index is 2.36. The summed E-state index contributed by atoms with van der Waals surface area (Å²) in [7, 11) is 0. The van der Waals surface area contributed by atoms with Gasteiger partial charge in [-0.15, -0.1) is 0 Å². The lowest BCUT2D eigenvalue weighted by Gasteiger charge is -2.33. The van der Waals surface area contributed by atoms with Crippen molar-refractivity contribution in [3.8, 4) is 44.5 Å². The van der Waals surface area contributed by atoms with Gasteiger partial charge in [0.15, 0.2) is 0 Å². The average molecular weight is 469 g/mol. The third kappa shape index (κ3) is 2.62. The highest BCUT2D eigenvalue weighted by molar-refractivity contribution is 6.02. The van der Waals surface area contributed by atoms with Crippen molar-refractivity contribution in [2.75, 3.05) is 0 Å². The molecule has 37 heavy (non-hydrogen) atoms. The maximum atomic E-state index is 2.36. The molecule has 0 saturated heterocycles. The molecule has 0 unspecified atom stereocenters. The highest BCUT2D eigenvalue weighted by Gasteiger charge is 2.52. The molecule has 0 radical (unpaired) electrons. The summed E-state index contributed by atoms with van der Waals surface area (Å²) in [6.45, 7) is 0. The molecule has 0 bridgehead atoms. The smallest absolute Gasteiger partial charge is 0.0622 e. The highest BCUT2D eigenvalue weighted by atomic mass is 14.5. The Labute approximate surface area is 217 Å². The molecule has 0 amide bonds. The Morgan fingerprint density at radius 3 is 1.24 bits per heavy atom. The summed E-state index contributed by atoms with van der Waals surface area (Å²) in [5.41, 5.74) is 15.6. The first-order chi connectivity index (χ1) is 18.4. The Morgan fingerprint density at radius 2 is 0.703 bits per heavy atom. The van der Waals surface area contributed by atoms with Crippen LogP contribution in [0.2, 0.25) is 0 Å². The predicted molar refractivity (Wildman–Crippen MR) is 154 cm³/mol. The summed E-state index contributed by atoms with van der Waals surface area (Å²) < 4.78 is 0. The van der Waals surface area contributed by atoms with Gasteiger partial charge in [-0.3, -0.25) is 0 Å². The van der Waals surface area contributed by atoms with Gasteiger partial charge >= 0.3 is 0 Å². The number of fused-ring (bicyclic) bond motifs is 10. The summed E-state index contributed by atoms with van der Waals surface area (Å²) in [6, 6.07) is 53.6. The van der Waals surface area contributed by atoms with E-state index >= 15 is 0 Å². The van der Waals surface area contributed by atoms with Crippen molar-refractivity contribution in [2.45, 2.75) is 5.41 Å². The molecule has 0 atom stereocenters. The molecule has 0 heteroatoms. The van der Waals surface area contributed by atoms with E-state index in [-0.39, 0.29) is 5.41 Å². The monoisotopic (exact) mass is 468 g/mol. The van der Waals surface area contributed by atoms with E-state index in [2.05, 4.69) is 146 Å². The minimum Gasteiger partial charge on any atom is -0.0622 e. The molecule has 0 saturated carbocycles. The molecule has 6 aromatic carbocycles. The molecule has 0 N–H and O–H groups in total. The predicted octanol–water partition coefficient (Wildman–Crippen LogP) is 9.36. The Kier molecular flexibility index (Phi) is 4.24. The van der Waals surface area contributed by atoms with E-state index in [0.29, 0.717) is 0 Å². The fourth-order valence-electron chi connectivity index (χ4n) is 6.95. The molecule has 0 fully saturated rings. The van der Waals surface area contributed by atoms with Crippen molar-refractivity contribution in [3.63, 3.8) is 0 Å². The summed E-state index contributed by atoms with van der Waals surface area (Å²) >= 11 is 0. The van der Waals surface area contributed by atoms with Crippen LogP contribution in [0, 0.1) is 0 Å². The first kappa shape index (κ1) is 20.5. The number of rotatable bonds is 2. The van der Waals surface area contributed by atoms with Crippen LogP contribution in [0.5, 0.6) is 0 Å². The van der Waals surface area contributed by atoms with Crippen molar-refractivity contribution >= 4 is 0 Å². The lowest BCUT2D eigenvalue weighted by atomic mass is 9.68. The minimum absolute atomic E-state index is 0.366. The van der Waals surface area contributed by atoms with E-state index in [0.717, 1.165) is 0 Å². The number of hydrogen-bond donors (Lipinski definition) is 0. The zero-order chi connectivity index (χ0) is 24.4. The Hall–Kier alpha value is -4.68. The first-order valence-electron chi connectivity index (χ1n) is 13.0. The summed E-state index contributed by atoms with van der Waals surface area (Å²) in [4.78, 5) is 0. The van der Waals surface area contributed by atoms with Crippen LogP contribution in [0.3, 0.4) is 0 Å². The van der Waals surface area contributed by atoms with Crippen molar-refractivity contribution in [1.82, 2.24) is 0 Å². The summed E-state index contributed by atoms with van der Waals surface area (Å²) in [6.07, 6.45) is 0. The fourth-order valence-corrected chi connectivity index (χ4v) is 6.95. The van der Waals surface area contributed by atoms with Gasteiger partial charge in [0.25, 0.3) is 0 Å². The van der Waals surface area contributed by atoms with Gasteiger partial charge < -0.3 is 0 Å². The van der Waals surface area contributed by atoms with Crippen molar-refractivity contribution in [2.24, 2.45) is 0 Å². The summed E-state index contributed by atoms with van der Waals surface area (Å²) in [5.74, 6) is 0. The van der Waals surface area contributed by atoms with Gasteiger partial charge in [-0.2, -0.15) is 0 Å². The molecule has 0 aliphatic heterocycles. The van der Waals surface area contributed by atoms with E-state index in [1.807, 2.05) is 0 Å². The third-order valence-corrected chi connectivity index (χ3v) is 8.30. The van der Waals surface area contributed by atoms with Gasteiger partial charge in [0, 0.05) is 0 Å². The maximum Gasteiger partial charge on any atom is 0.0731 e. The highest BCUT2D eigenvalue weighted by Crippen LogP contribution is 2.65. The molecule has 1 spiro atoms. The van der Waals surface area contributed by atoms with Crippen LogP contribution in [0.25, 0.3) is 44.5 Å². The van der Waals surface area contributed by atoms with Crippen LogP contribution < -0.4 is 0 Å². The second-order valence-corrected chi connectivity index (χ2v) is 10.0. The SMILES string of the molecule is c1ccc(-c2ccc3c(c2-c2ccccc2)C2(c4ccccc4-c4ccccc42)c2ccccc2-3)cc1. The first-order valence-corrected chi connectivity index (χ1v) is 13.0. The Balaban J connectivity index is 1.62. The van der Waals surface area contributed by atoms with Crippen molar-refractivity contribution in [1.29, 1.82) is 0 Å². The van der Waals surface area contributed by atoms with E-state index in [1.54, 1.807) is 0 Å². The van der Waals surface area contributed by atoms with E-state index < -0.39 is 0 Å². The molecule has 8 rings (SSSR count). The fraction of sp³-hybridized carbons (Fsp3) is 0.0270. The minimum atomic E-state index is -0.366. The van der Waals surface area contributed by atoms with Gasteiger partial charge in [0.2, 0.25) is 0 Å². The molecule has 0 nitrogen and oxygen atoms in total. The molecular formula is C37H24. The topological polar surface area (TPSA) is 0 Å². The van der Waals surface area contributed by atoms with Gasteiger partial charge in [0.1, 0.15) is 0 Å².